The lowest BCUT2D eigenvalue weighted by Crippen LogP contribution is -1.88. The molecule has 0 saturated heterocycles. The third kappa shape index (κ3) is 4.07. The van der Waals surface area contributed by atoms with Crippen LogP contribution in [0.15, 0.2) is 95.2 Å². The summed E-state index contributed by atoms with van der Waals surface area (Å²) in [5.74, 6) is 0. The molecule has 148 valence electrons. The molecule has 30 heavy (non-hydrogen) atoms. The number of azo groups is 1. The van der Waals surface area contributed by atoms with Crippen molar-refractivity contribution in [3.05, 3.63) is 84.9 Å². The average molecular weight is 394 g/mol. The maximum absolute atomic E-state index is 6.00. The Kier molecular flexibility index (Phi) is 5.05. The summed E-state index contributed by atoms with van der Waals surface area (Å²) < 4.78 is 0. The van der Waals surface area contributed by atoms with Gasteiger partial charge in [-0.15, -0.1) is 10.2 Å². The van der Waals surface area contributed by atoms with Gasteiger partial charge in [0.1, 0.15) is 0 Å². The minimum atomic E-state index is 0.606. The van der Waals surface area contributed by atoms with E-state index in [4.69, 9.17) is 22.9 Å². The molecule has 0 fully saturated rings. The number of nitrogens with zero attached hydrogens (tertiary/aromatic N) is 2. The molecular formula is C24H22N6. The Hall–Kier alpha value is -4.32. The zero-order chi connectivity index (χ0) is 21.1. The molecule has 0 aromatic heterocycles. The fraction of sp³-hybridized carbons (Fsp3) is 0. The van der Waals surface area contributed by atoms with Crippen molar-refractivity contribution >= 4 is 34.1 Å². The first-order chi connectivity index (χ1) is 14.5. The van der Waals surface area contributed by atoms with Gasteiger partial charge in [0.05, 0.1) is 11.4 Å². The van der Waals surface area contributed by atoms with Crippen molar-refractivity contribution in [2.24, 2.45) is 10.2 Å². The average Bonchev–Trinajstić information content (AvgIpc) is 2.74. The Labute approximate surface area is 174 Å². The third-order valence-electron chi connectivity index (χ3n) is 4.75. The number of hydrogen-bond acceptors (Lipinski definition) is 6. The Morgan fingerprint density at radius 3 is 1.10 bits per heavy atom. The minimum Gasteiger partial charge on any atom is -0.399 e. The van der Waals surface area contributed by atoms with E-state index in [9.17, 15) is 0 Å². The van der Waals surface area contributed by atoms with Crippen molar-refractivity contribution in [2.75, 3.05) is 22.9 Å². The normalized spacial score (nSPS) is 11.1. The van der Waals surface area contributed by atoms with Gasteiger partial charge in [0, 0.05) is 33.9 Å². The van der Waals surface area contributed by atoms with Crippen LogP contribution in [0.5, 0.6) is 0 Å². The first-order valence-electron chi connectivity index (χ1n) is 9.42. The molecule has 4 rings (SSSR count). The van der Waals surface area contributed by atoms with E-state index in [1.807, 2.05) is 72.8 Å². The van der Waals surface area contributed by atoms with Crippen molar-refractivity contribution in [1.29, 1.82) is 0 Å². The molecule has 6 nitrogen and oxygen atoms in total. The molecule has 0 amide bonds. The molecule has 8 N–H and O–H groups in total. The first-order valence-corrected chi connectivity index (χ1v) is 9.42. The lowest BCUT2D eigenvalue weighted by molar-refractivity contribution is 1.23. The van der Waals surface area contributed by atoms with E-state index in [0.717, 1.165) is 22.3 Å². The largest absolute Gasteiger partial charge is 0.399 e. The summed E-state index contributed by atoms with van der Waals surface area (Å²) in [5.41, 5.74) is 31.3. The van der Waals surface area contributed by atoms with E-state index in [1.165, 1.54) is 0 Å². The Morgan fingerprint density at radius 2 is 0.733 bits per heavy atom. The van der Waals surface area contributed by atoms with Crippen LogP contribution in [0.25, 0.3) is 22.3 Å². The summed E-state index contributed by atoms with van der Waals surface area (Å²) in [6.07, 6.45) is 0. The van der Waals surface area contributed by atoms with Gasteiger partial charge in [-0.2, -0.15) is 0 Å². The molecule has 0 unspecified atom stereocenters. The fourth-order valence-electron chi connectivity index (χ4n) is 3.18. The Bertz CT molecular complexity index is 1110. The quantitative estimate of drug-likeness (QED) is 0.259. The van der Waals surface area contributed by atoms with Crippen molar-refractivity contribution in [3.63, 3.8) is 0 Å². The van der Waals surface area contributed by atoms with Gasteiger partial charge in [0.15, 0.2) is 0 Å². The number of hydrogen-bond donors (Lipinski definition) is 4. The highest BCUT2D eigenvalue weighted by Crippen LogP contribution is 2.37. The predicted octanol–water partition coefficient (Wildman–Crippen LogP) is 5.76. The van der Waals surface area contributed by atoms with E-state index in [-0.39, 0.29) is 0 Å². The van der Waals surface area contributed by atoms with E-state index in [1.54, 1.807) is 12.1 Å². The van der Waals surface area contributed by atoms with E-state index < -0.39 is 0 Å². The van der Waals surface area contributed by atoms with Gasteiger partial charge < -0.3 is 22.9 Å². The predicted molar refractivity (Wildman–Crippen MR) is 126 cm³/mol. The molecule has 0 aliphatic heterocycles. The molecule has 0 spiro atoms. The smallest absolute Gasteiger partial charge is 0.0955 e. The molecule has 4 aromatic carbocycles. The van der Waals surface area contributed by atoms with E-state index in [0.29, 0.717) is 34.1 Å². The molecule has 0 atom stereocenters. The van der Waals surface area contributed by atoms with Crippen LogP contribution >= 0.6 is 0 Å². The van der Waals surface area contributed by atoms with Crippen LogP contribution in [0.3, 0.4) is 0 Å². The molecule has 0 bridgehead atoms. The topological polar surface area (TPSA) is 129 Å². The number of anilines is 4. The first kappa shape index (κ1) is 19.0. The van der Waals surface area contributed by atoms with Gasteiger partial charge in [0.2, 0.25) is 0 Å². The van der Waals surface area contributed by atoms with E-state index in [2.05, 4.69) is 10.2 Å². The second-order valence-corrected chi connectivity index (χ2v) is 7.00. The molecule has 0 aliphatic carbocycles. The van der Waals surface area contributed by atoms with Gasteiger partial charge in [-0.3, -0.25) is 0 Å². The number of nitrogen functional groups attached to an aromatic ring is 4. The second kappa shape index (κ2) is 7.97. The summed E-state index contributed by atoms with van der Waals surface area (Å²) >= 11 is 0. The molecule has 0 aliphatic rings. The number of nitrogens with two attached hydrogens (primary N) is 4. The van der Waals surface area contributed by atoms with Crippen LogP contribution in [0.4, 0.5) is 34.1 Å². The molecule has 4 aromatic rings. The van der Waals surface area contributed by atoms with Gasteiger partial charge >= 0.3 is 0 Å². The number of benzene rings is 4. The van der Waals surface area contributed by atoms with Crippen molar-refractivity contribution in [1.82, 2.24) is 0 Å². The molecular weight excluding hydrogens is 372 g/mol. The van der Waals surface area contributed by atoms with Gasteiger partial charge in [0.25, 0.3) is 0 Å². The van der Waals surface area contributed by atoms with Gasteiger partial charge in [-0.1, -0.05) is 36.4 Å². The highest BCUT2D eigenvalue weighted by Gasteiger charge is 2.08. The van der Waals surface area contributed by atoms with E-state index >= 15 is 0 Å². The summed E-state index contributed by atoms with van der Waals surface area (Å²) in [6, 6.07) is 26.3. The monoisotopic (exact) mass is 394 g/mol. The van der Waals surface area contributed by atoms with Crippen LogP contribution in [0.2, 0.25) is 0 Å². The van der Waals surface area contributed by atoms with Crippen LogP contribution in [0, 0.1) is 0 Å². The minimum absolute atomic E-state index is 0.606. The van der Waals surface area contributed by atoms with Crippen LogP contribution in [0.1, 0.15) is 0 Å². The molecule has 0 heterocycles. The molecule has 0 saturated carbocycles. The highest BCUT2D eigenvalue weighted by molar-refractivity contribution is 5.81. The van der Waals surface area contributed by atoms with Crippen LogP contribution < -0.4 is 22.9 Å². The maximum atomic E-state index is 6.00. The lowest BCUT2D eigenvalue weighted by atomic mass is 10.0. The second-order valence-electron chi connectivity index (χ2n) is 7.00. The Morgan fingerprint density at radius 1 is 0.400 bits per heavy atom. The fourth-order valence-corrected chi connectivity index (χ4v) is 3.18. The lowest BCUT2D eigenvalue weighted by Gasteiger charge is -2.09. The molecule has 6 heteroatoms. The van der Waals surface area contributed by atoms with Crippen LogP contribution in [-0.2, 0) is 0 Å². The standard InChI is InChI=1S/C24H22N6/c25-17-5-1-15(2-6-17)21-11-9-19(27)13-23(21)29-30-24-14-20(28)10-12-22(24)16-3-7-18(26)8-4-16/h1-14H,25-28H2. The van der Waals surface area contributed by atoms with Crippen molar-refractivity contribution < 1.29 is 0 Å². The Balaban J connectivity index is 1.78. The van der Waals surface area contributed by atoms with Crippen molar-refractivity contribution in [2.45, 2.75) is 0 Å². The van der Waals surface area contributed by atoms with Crippen LogP contribution in [-0.4, -0.2) is 0 Å². The zero-order valence-electron chi connectivity index (χ0n) is 16.3. The maximum Gasteiger partial charge on any atom is 0.0955 e. The summed E-state index contributed by atoms with van der Waals surface area (Å²) in [5, 5.41) is 9.03. The summed E-state index contributed by atoms with van der Waals surface area (Å²) in [7, 11) is 0. The van der Waals surface area contributed by atoms with Gasteiger partial charge in [-0.05, 0) is 59.7 Å². The third-order valence-corrected chi connectivity index (χ3v) is 4.75. The summed E-state index contributed by atoms with van der Waals surface area (Å²) in [6.45, 7) is 0. The highest BCUT2D eigenvalue weighted by atomic mass is 15.1. The molecule has 0 radical (unpaired) electrons. The summed E-state index contributed by atoms with van der Waals surface area (Å²) in [4.78, 5) is 0. The van der Waals surface area contributed by atoms with Gasteiger partial charge in [-0.25, -0.2) is 0 Å². The zero-order valence-corrected chi connectivity index (χ0v) is 16.3. The number of rotatable bonds is 4. The SMILES string of the molecule is Nc1ccc(-c2ccc(N)cc2N=Nc2cc(N)ccc2-c2ccc(N)cc2)cc1. The van der Waals surface area contributed by atoms with Crippen molar-refractivity contribution in [3.8, 4) is 22.3 Å².